The van der Waals surface area contributed by atoms with E-state index in [1.807, 2.05) is 0 Å². The van der Waals surface area contributed by atoms with E-state index in [9.17, 15) is 0 Å². The molecule has 1 aromatic rings. The van der Waals surface area contributed by atoms with Crippen LogP contribution in [0.1, 0.15) is 31.4 Å². The van der Waals surface area contributed by atoms with Crippen molar-refractivity contribution >= 4 is 15.9 Å². The number of rotatable bonds is 5. The smallest absolute Gasteiger partial charge is 0.0210 e. The van der Waals surface area contributed by atoms with Crippen LogP contribution in [0.15, 0.2) is 24.3 Å². The summed E-state index contributed by atoms with van der Waals surface area (Å²) < 4.78 is 0. The normalized spacial score (nSPS) is 11.7. The first-order valence-electron chi connectivity index (χ1n) is 5.40. The molecule has 0 aromatic heterocycles. The fraction of sp³-hybridized carbons (Fsp3) is 0.538. The van der Waals surface area contributed by atoms with Gasteiger partial charge in [0.25, 0.3) is 0 Å². The standard InChI is InChI=1S/C13H20BrN/c1-11-5-4-6-12(9-11)10-15-13(2,3)7-8-14/h4-6,9,15H,7-8,10H2,1-3H3. The van der Waals surface area contributed by atoms with Crippen molar-refractivity contribution < 1.29 is 0 Å². The van der Waals surface area contributed by atoms with Crippen molar-refractivity contribution in [1.82, 2.24) is 5.32 Å². The second-order valence-electron chi connectivity index (χ2n) is 4.67. The number of halogens is 1. The summed E-state index contributed by atoms with van der Waals surface area (Å²) in [5.74, 6) is 0. The van der Waals surface area contributed by atoms with E-state index in [2.05, 4.69) is 66.3 Å². The van der Waals surface area contributed by atoms with Crippen LogP contribution in [0.2, 0.25) is 0 Å². The summed E-state index contributed by atoms with van der Waals surface area (Å²) in [6.07, 6.45) is 1.14. The zero-order valence-electron chi connectivity index (χ0n) is 9.81. The third-order valence-corrected chi connectivity index (χ3v) is 2.97. The van der Waals surface area contributed by atoms with E-state index in [0.29, 0.717) is 0 Å². The van der Waals surface area contributed by atoms with Gasteiger partial charge in [0.15, 0.2) is 0 Å². The number of benzene rings is 1. The third kappa shape index (κ3) is 4.80. The molecular weight excluding hydrogens is 250 g/mol. The Balaban J connectivity index is 2.49. The molecule has 1 aromatic carbocycles. The fourth-order valence-corrected chi connectivity index (χ4v) is 2.48. The highest BCUT2D eigenvalue weighted by Crippen LogP contribution is 2.12. The monoisotopic (exact) mass is 269 g/mol. The predicted molar refractivity (Wildman–Crippen MR) is 70.5 cm³/mol. The van der Waals surface area contributed by atoms with Crippen LogP contribution in [-0.4, -0.2) is 10.9 Å². The third-order valence-electron chi connectivity index (χ3n) is 2.57. The zero-order valence-corrected chi connectivity index (χ0v) is 11.4. The van der Waals surface area contributed by atoms with Crippen LogP contribution >= 0.6 is 15.9 Å². The van der Waals surface area contributed by atoms with Crippen LogP contribution in [-0.2, 0) is 6.54 Å². The Morgan fingerprint density at radius 1 is 1.33 bits per heavy atom. The van der Waals surface area contributed by atoms with Crippen molar-refractivity contribution in [2.24, 2.45) is 0 Å². The van der Waals surface area contributed by atoms with Crippen molar-refractivity contribution in [2.45, 2.75) is 39.3 Å². The molecule has 0 aliphatic heterocycles. The van der Waals surface area contributed by atoms with Gasteiger partial charge in [-0.25, -0.2) is 0 Å². The molecule has 0 aliphatic rings. The lowest BCUT2D eigenvalue weighted by Gasteiger charge is -2.25. The molecule has 1 N–H and O–H groups in total. The SMILES string of the molecule is Cc1cccc(CNC(C)(C)CCBr)c1. The predicted octanol–water partition coefficient (Wildman–Crippen LogP) is 3.65. The molecule has 2 heteroatoms. The quantitative estimate of drug-likeness (QED) is 0.805. The number of hydrogen-bond acceptors (Lipinski definition) is 1. The van der Waals surface area contributed by atoms with Crippen LogP contribution in [0.5, 0.6) is 0 Å². The number of nitrogens with one attached hydrogen (secondary N) is 1. The van der Waals surface area contributed by atoms with Gasteiger partial charge in [-0.1, -0.05) is 45.8 Å². The second-order valence-corrected chi connectivity index (χ2v) is 5.46. The van der Waals surface area contributed by atoms with E-state index in [1.165, 1.54) is 11.1 Å². The summed E-state index contributed by atoms with van der Waals surface area (Å²) >= 11 is 3.48. The zero-order chi connectivity index (χ0) is 11.3. The van der Waals surface area contributed by atoms with Crippen LogP contribution in [0.25, 0.3) is 0 Å². The van der Waals surface area contributed by atoms with E-state index in [1.54, 1.807) is 0 Å². The van der Waals surface area contributed by atoms with Crippen molar-refractivity contribution in [3.63, 3.8) is 0 Å². The lowest BCUT2D eigenvalue weighted by molar-refractivity contribution is 0.378. The summed E-state index contributed by atoms with van der Waals surface area (Å²) in [5, 5.41) is 4.62. The highest BCUT2D eigenvalue weighted by atomic mass is 79.9. The topological polar surface area (TPSA) is 12.0 Å². The Labute approximate surface area is 101 Å². The van der Waals surface area contributed by atoms with Gasteiger partial charge < -0.3 is 5.32 Å². The molecule has 84 valence electrons. The van der Waals surface area contributed by atoms with E-state index in [0.717, 1.165) is 18.3 Å². The van der Waals surface area contributed by atoms with Gasteiger partial charge in [-0.15, -0.1) is 0 Å². The molecule has 0 fully saturated rings. The Morgan fingerprint density at radius 3 is 2.67 bits per heavy atom. The molecule has 0 bridgehead atoms. The molecule has 1 nitrogen and oxygen atoms in total. The van der Waals surface area contributed by atoms with Gasteiger partial charge in [0.2, 0.25) is 0 Å². The molecular formula is C13H20BrN. The van der Waals surface area contributed by atoms with Crippen LogP contribution in [0, 0.1) is 6.92 Å². The number of alkyl halides is 1. The largest absolute Gasteiger partial charge is 0.308 e. The average molecular weight is 270 g/mol. The molecule has 0 spiro atoms. The molecule has 1 rings (SSSR count). The van der Waals surface area contributed by atoms with Crippen molar-refractivity contribution in [3.8, 4) is 0 Å². The first-order valence-corrected chi connectivity index (χ1v) is 6.52. The maximum Gasteiger partial charge on any atom is 0.0210 e. The molecule has 0 aliphatic carbocycles. The van der Waals surface area contributed by atoms with Gasteiger partial charge in [-0.05, 0) is 32.8 Å². The fourth-order valence-electron chi connectivity index (χ4n) is 1.49. The summed E-state index contributed by atoms with van der Waals surface area (Å²) in [7, 11) is 0. The molecule has 0 unspecified atom stereocenters. The molecule has 0 atom stereocenters. The van der Waals surface area contributed by atoms with E-state index < -0.39 is 0 Å². The van der Waals surface area contributed by atoms with Crippen LogP contribution in [0.4, 0.5) is 0 Å². The molecule has 0 heterocycles. The second kappa shape index (κ2) is 5.66. The Bertz CT molecular complexity index is 307. The molecule has 0 radical (unpaired) electrons. The van der Waals surface area contributed by atoms with E-state index in [-0.39, 0.29) is 5.54 Å². The Kier molecular flexibility index (Phi) is 4.81. The van der Waals surface area contributed by atoms with Gasteiger partial charge >= 0.3 is 0 Å². The average Bonchev–Trinajstić information content (AvgIpc) is 2.15. The van der Waals surface area contributed by atoms with E-state index in [4.69, 9.17) is 0 Å². The lowest BCUT2D eigenvalue weighted by atomic mass is 10.0. The molecule has 0 saturated carbocycles. The van der Waals surface area contributed by atoms with Gasteiger partial charge in [0.05, 0.1) is 0 Å². The summed E-state index contributed by atoms with van der Waals surface area (Å²) in [5.41, 5.74) is 2.89. The highest BCUT2D eigenvalue weighted by molar-refractivity contribution is 9.09. The van der Waals surface area contributed by atoms with E-state index >= 15 is 0 Å². The maximum absolute atomic E-state index is 3.57. The van der Waals surface area contributed by atoms with Crippen molar-refractivity contribution in [3.05, 3.63) is 35.4 Å². The Hall–Kier alpha value is -0.340. The first-order chi connectivity index (χ1) is 7.03. The van der Waals surface area contributed by atoms with Crippen LogP contribution < -0.4 is 5.32 Å². The summed E-state index contributed by atoms with van der Waals surface area (Å²) in [6.45, 7) is 7.56. The van der Waals surface area contributed by atoms with Gasteiger partial charge in [-0.2, -0.15) is 0 Å². The maximum atomic E-state index is 3.57. The van der Waals surface area contributed by atoms with Crippen LogP contribution in [0.3, 0.4) is 0 Å². The lowest BCUT2D eigenvalue weighted by Crippen LogP contribution is -2.38. The summed E-state index contributed by atoms with van der Waals surface area (Å²) in [4.78, 5) is 0. The minimum Gasteiger partial charge on any atom is -0.308 e. The van der Waals surface area contributed by atoms with Gasteiger partial charge in [-0.3, -0.25) is 0 Å². The molecule has 15 heavy (non-hydrogen) atoms. The summed E-state index contributed by atoms with van der Waals surface area (Å²) in [6, 6.07) is 8.65. The highest BCUT2D eigenvalue weighted by Gasteiger charge is 2.15. The molecule has 0 amide bonds. The van der Waals surface area contributed by atoms with Crippen molar-refractivity contribution in [1.29, 1.82) is 0 Å². The number of aryl methyl sites for hydroxylation is 1. The minimum absolute atomic E-state index is 0.202. The van der Waals surface area contributed by atoms with Gasteiger partial charge in [0, 0.05) is 17.4 Å². The first kappa shape index (κ1) is 12.7. The van der Waals surface area contributed by atoms with Gasteiger partial charge in [0.1, 0.15) is 0 Å². The Morgan fingerprint density at radius 2 is 2.07 bits per heavy atom. The number of hydrogen-bond donors (Lipinski definition) is 1. The molecule has 0 saturated heterocycles. The minimum atomic E-state index is 0.202. The van der Waals surface area contributed by atoms with Crippen molar-refractivity contribution in [2.75, 3.05) is 5.33 Å².